The molecule has 0 saturated carbocycles. The van der Waals surface area contributed by atoms with Crippen molar-refractivity contribution in [2.24, 2.45) is 7.05 Å². The Labute approximate surface area is 88.6 Å². The highest BCUT2D eigenvalue weighted by atomic mass is 16.5. The molecule has 3 nitrogen and oxygen atoms in total. The molecule has 1 aromatic heterocycles. The van der Waals surface area contributed by atoms with E-state index in [1.807, 2.05) is 12.1 Å². The fourth-order valence-electron chi connectivity index (χ4n) is 1.90. The first-order valence-corrected chi connectivity index (χ1v) is 5.26. The molecule has 1 saturated heterocycles. The van der Waals surface area contributed by atoms with Crippen molar-refractivity contribution < 1.29 is 4.74 Å². The van der Waals surface area contributed by atoms with Crippen molar-refractivity contribution in [3.05, 3.63) is 30.5 Å². The summed E-state index contributed by atoms with van der Waals surface area (Å²) in [5.41, 5.74) is 1.22. The van der Waals surface area contributed by atoms with E-state index in [9.17, 15) is 0 Å². The van der Waals surface area contributed by atoms with Gasteiger partial charge in [0.1, 0.15) is 11.9 Å². The number of aromatic nitrogens is 1. The van der Waals surface area contributed by atoms with Crippen LogP contribution in [-0.4, -0.2) is 23.8 Å². The van der Waals surface area contributed by atoms with Crippen LogP contribution in [0, 0.1) is 0 Å². The van der Waals surface area contributed by atoms with Crippen LogP contribution in [-0.2, 0) is 7.05 Å². The Kier molecular flexibility index (Phi) is 1.92. The van der Waals surface area contributed by atoms with Crippen molar-refractivity contribution in [3.63, 3.8) is 0 Å². The molecule has 0 amide bonds. The number of hydrogen-bond acceptors (Lipinski definition) is 2. The van der Waals surface area contributed by atoms with Crippen LogP contribution in [0.25, 0.3) is 10.9 Å². The highest BCUT2D eigenvalue weighted by Crippen LogP contribution is 2.27. The van der Waals surface area contributed by atoms with Gasteiger partial charge in [-0.1, -0.05) is 6.07 Å². The van der Waals surface area contributed by atoms with E-state index in [2.05, 4.69) is 35.3 Å². The lowest BCUT2D eigenvalue weighted by atomic mass is 10.2. The van der Waals surface area contributed by atoms with E-state index in [-0.39, 0.29) is 0 Å². The van der Waals surface area contributed by atoms with Gasteiger partial charge in [0.25, 0.3) is 0 Å². The molecule has 1 aliphatic heterocycles. The fraction of sp³-hybridized carbons (Fsp3) is 0.333. The summed E-state index contributed by atoms with van der Waals surface area (Å²) in [6, 6.07) is 8.31. The zero-order valence-corrected chi connectivity index (χ0v) is 8.73. The molecule has 3 rings (SSSR count). The monoisotopic (exact) mass is 202 g/mol. The van der Waals surface area contributed by atoms with Gasteiger partial charge in [-0.05, 0) is 18.2 Å². The lowest BCUT2D eigenvalue weighted by molar-refractivity contribution is 0.144. The molecule has 2 heterocycles. The summed E-state index contributed by atoms with van der Waals surface area (Å²) in [5, 5.41) is 4.41. The van der Waals surface area contributed by atoms with E-state index < -0.39 is 0 Å². The maximum Gasteiger partial charge on any atom is 0.129 e. The van der Waals surface area contributed by atoms with Crippen molar-refractivity contribution in [2.45, 2.75) is 6.10 Å². The minimum atomic E-state index is 0.343. The van der Waals surface area contributed by atoms with E-state index in [1.165, 1.54) is 10.9 Å². The Morgan fingerprint density at radius 3 is 2.93 bits per heavy atom. The minimum Gasteiger partial charge on any atom is -0.487 e. The zero-order valence-electron chi connectivity index (χ0n) is 8.73. The van der Waals surface area contributed by atoms with Gasteiger partial charge in [-0.3, -0.25) is 0 Å². The second-order valence-corrected chi connectivity index (χ2v) is 4.01. The minimum absolute atomic E-state index is 0.343. The third-order valence-electron chi connectivity index (χ3n) is 2.93. The van der Waals surface area contributed by atoms with Crippen LogP contribution < -0.4 is 10.1 Å². The number of aryl methyl sites for hydroxylation is 1. The average molecular weight is 202 g/mol. The summed E-state index contributed by atoms with van der Waals surface area (Å²) >= 11 is 0. The number of nitrogens with zero attached hydrogens (tertiary/aromatic N) is 1. The summed E-state index contributed by atoms with van der Waals surface area (Å²) in [4.78, 5) is 0. The van der Waals surface area contributed by atoms with Crippen molar-refractivity contribution in [1.29, 1.82) is 0 Å². The van der Waals surface area contributed by atoms with Gasteiger partial charge in [-0.25, -0.2) is 0 Å². The van der Waals surface area contributed by atoms with Gasteiger partial charge in [-0.2, -0.15) is 0 Å². The largest absolute Gasteiger partial charge is 0.487 e. The molecule has 1 N–H and O–H groups in total. The number of rotatable bonds is 2. The Morgan fingerprint density at radius 2 is 2.20 bits per heavy atom. The van der Waals surface area contributed by atoms with E-state index >= 15 is 0 Å². The van der Waals surface area contributed by atoms with Gasteiger partial charge in [0.05, 0.1) is 5.52 Å². The van der Waals surface area contributed by atoms with E-state index in [0.717, 1.165) is 18.8 Å². The van der Waals surface area contributed by atoms with Gasteiger partial charge < -0.3 is 14.6 Å². The lowest BCUT2D eigenvalue weighted by Crippen LogP contribution is -2.50. The van der Waals surface area contributed by atoms with Crippen LogP contribution in [0.2, 0.25) is 0 Å². The molecule has 0 radical (unpaired) electrons. The summed E-state index contributed by atoms with van der Waals surface area (Å²) in [5.74, 6) is 1.000. The molecule has 0 aliphatic carbocycles. The molecule has 1 fully saturated rings. The zero-order chi connectivity index (χ0) is 10.3. The summed E-state index contributed by atoms with van der Waals surface area (Å²) in [7, 11) is 2.05. The Morgan fingerprint density at radius 1 is 1.33 bits per heavy atom. The molecule has 0 bridgehead atoms. The second kappa shape index (κ2) is 3.28. The number of hydrogen-bond donors (Lipinski definition) is 1. The molecular weight excluding hydrogens is 188 g/mol. The fourth-order valence-corrected chi connectivity index (χ4v) is 1.90. The summed E-state index contributed by atoms with van der Waals surface area (Å²) in [6.45, 7) is 1.92. The highest BCUT2D eigenvalue weighted by Gasteiger charge is 2.19. The first-order chi connectivity index (χ1) is 7.34. The molecular formula is C12H14N2O. The third kappa shape index (κ3) is 1.39. The maximum atomic E-state index is 5.90. The molecule has 0 atom stereocenters. The first-order valence-electron chi connectivity index (χ1n) is 5.26. The van der Waals surface area contributed by atoms with Gasteiger partial charge in [-0.15, -0.1) is 0 Å². The predicted molar refractivity (Wildman–Crippen MR) is 60.2 cm³/mol. The molecule has 15 heavy (non-hydrogen) atoms. The summed E-state index contributed by atoms with van der Waals surface area (Å²) in [6.07, 6.45) is 2.41. The summed E-state index contributed by atoms with van der Waals surface area (Å²) < 4.78 is 8.01. The van der Waals surface area contributed by atoms with Crippen molar-refractivity contribution >= 4 is 10.9 Å². The van der Waals surface area contributed by atoms with E-state index in [1.54, 1.807) is 0 Å². The Bertz CT molecular complexity index is 485. The van der Waals surface area contributed by atoms with Gasteiger partial charge in [0, 0.05) is 31.7 Å². The molecule has 1 aliphatic rings. The topological polar surface area (TPSA) is 26.2 Å². The first kappa shape index (κ1) is 8.80. The third-order valence-corrected chi connectivity index (χ3v) is 2.93. The van der Waals surface area contributed by atoms with Crippen LogP contribution >= 0.6 is 0 Å². The van der Waals surface area contributed by atoms with Crippen molar-refractivity contribution in [2.75, 3.05) is 13.1 Å². The number of nitrogens with one attached hydrogen (secondary N) is 1. The normalized spacial score (nSPS) is 16.6. The molecule has 1 aromatic carbocycles. The molecule has 78 valence electrons. The highest BCUT2D eigenvalue weighted by molar-refractivity contribution is 5.86. The van der Waals surface area contributed by atoms with Gasteiger partial charge in [0.15, 0.2) is 0 Å². The van der Waals surface area contributed by atoms with Gasteiger partial charge in [0.2, 0.25) is 0 Å². The Balaban J connectivity index is 2.01. The molecule has 2 aromatic rings. The van der Waals surface area contributed by atoms with Crippen LogP contribution in [0.5, 0.6) is 5.75 Å². The second-order valence-electron chi connectivity index (χ2n) is 4.01. The average Bonchev–Trinajstić information content (AvgIpc) is 2.55. The SMILES string of the molecule is Cn1ccc2c(OC3CNC3)cccc21. The van der Waals surface area contributed by atoms with Gasteiger partial charge >= 0.3 is 0 Å². The maximum absolute atomic E-state index is 5.90. The lowest BCUT2D eigenvalue weighted by Gasteiger charge is -2.28. The van der Waals surface area contributed by atoms with Crippen molar-refractivity contribution in [3.8, 4) is 5.75 Å². The number of benzene rings is 1. The molecule has 0 spiro atoms. The van der Waals surface area contributed by atoms with Crippen LogP contribution in [0.4, 0.5) is 0 Å². The molecule has 0 unspecified atom stereocenters. The van der Waals surface area contributed by atoms with Crippen molar-refractivity contribution in [1.82, 2.24) is 9.88 Å². The molecule has 3 heteroatoms. The Hall–Kier alpha value is -1.48. The van der Waals surface area contributed by atoms with Crippen LogP contribution in [0.3, 0.4) is 0 Å². The quantitative estimate of drug-likeness (QED) is 0.799. The van der Waals surface area contributed by atoms with E-state index in [0.29, 0.717) is 6.10 Å². The van der Waals surface area contributed by atoms with Crippen LogP contribution in [0.1, 0.15) is 0 Å². The predicted octanol–water partition coefficient (Wildman–Crippen LogP) is 1.53. The number of ether oxygens (including phenoxy) is 1. The smallest absolute Gasteiger partial charge is 0.129 e. The van der Waals surface area contributed by atoms with E-state index in [4.69, 9.17) is 4.74 Å². The standard InChI is InChI=1S/C12H14N2O/c1-14-6-5-10-11(14)3-2-4-12(10)15-9-7-13-8-9/h2-6,9,13H,7-8H2,1H3. The van der Waals surface area contributed by atoms with Crippen LogP contribution in [0.15, 0.2) is 30.5 Å². The number of fused-ring (bicyclic) bond motifs is 1.